The summed E-state index contributed by atoms with van der Waals surface area (Å²) in [5, 5.41) is 7.65. The Morgan fingerprint density at radius 3 is 2.20 bits per heavy atom. The number of thiocarbonyl (C=S) groups is 1. The molecule has 0 atom stereocenters. The van der Waals surface area contributed by atoms with Gasteiger partial charge in [-0.2, -0.15) is 0 Å². The third-order valence-electron chi connectivity index (χ3n) is 0.129. The number of hydrogen-bond acceptors (Lipinski definition) is 3. The molecule has 0 amide bonds. The van der Waals surface area contributed by atoms with E-state index in [0.717, 1.165) is 0 Å². The maximum atomic E-state index is 7.50. The van der Waals surface area contributed by atoms with Crippen molar-refractivity contribution in [3.63, 3.8) is 0 Å². The molecule has 5 heavy (non-hydrogen) atoms. The van der Waals surface area contributed by atoms with E-state index in [1.54, 1.807) is 0 Å². The van der Waals surface area contributed by atoms with E-state index in [1.165, 1.54) is 6.92 Å². The van der Waals surface area contributed by atoms with Crippen molar-refractivity contribution >= 4 is 17.3 Å². The molecule has 0 spiro atoms. The van der Waals surface area contributed by atoms with Crippen molar-refractivity contribution in [1.29, 1.82) is 0 Å². The molecule has 0 aromatic carbocycles. The zero-order valence-corrected chi connectivity index (χ0v) is 3.58. The zero-order chi connectivity index (χ0) is 4.28. The number of hydrogen-bond donors (Lipinski definition) is 1. The SMILES string of the molecule is CC(=S)OO. The van der Waals surface area contributed by atoms with Gasteiger partial charge in [-0.25, -0.2) is 5.26 Å². The van der Waals surface area contributed by atoms with Crippen LogP contribution in [0.2, 0.25) is 0 Å². The minimum Gasteiger partial charge on any atom is -0.333 e. The molecule has 0 aromatic rings. The van der Waals surface area contributed by atoms with Gasteiger partial charge in [-0.3, -0.25) is 0 Å². The lowest BCUT2D eigenvalue weighted by molar-refractivity contribution is -0.152. The van der Waals surface area contributed by atoms with Gasteiger partial charge in [0.05, 0.1) is 0 Å². The van der Waals surface area contributed by atoms with Gasteiger partial charge in [-0.15, -0.1) is 0 Å². The molecule has 0 aliphatic heterocycles. The predicted molar refractivity (Wildman–Crippen MR) is 22.0 cm³/mol. The molecule has 2 nitrogen and oxygen atoms in total. The Morgan fingerprint density at radius 2 is 2.20 bits per heavy atom. The Labute approximate surface area is 35.3 Å². The lowest BCUT2D eigenvalue weighted by Crippen LogP contribution is -1.85. The van der Waals surface area contributed by atoms with Crippen LogP contribution >= 0.6 is 12.2 Å². The molecular weight excluding hydrogens is 88.1 g/mol. The standard InChI is InChI=1S/C2H4O2S/c1-2(5)4-3/h3H,1H3. The van der Waals surface area contributed by atoms with Crippen molar-refractivity contribution in [2.24, 2.45) is 0 Å². The maximum Gasteiger partial charge on any atom is 0.202 e. The van der Waals surface area contributed by atoms with Gasteiger partial charge in [-0.05, 0) is 12.2 Å². The minimum absolute atomic E-state index is 0.144. The van der Waals surface area contributed by atoms with E-state index in [0.29, 0.717) is 0 Å². The monoisotopic (exact) mass is 92.0 g/mol. The highest BCUT2D eigenvalue weighted by Gasteiger charge is 1.72. The molecule has 1 N–H and O–H groups in total. The fourth-order valence-electron chi connectivity index (χ4n) is 0. The van der Waals surface area contributed by atoms with Gasteiger partial charge in [0.25, 0.3) is 0 Å². The lowest BCUT2D eigenvalue weighted by Gasteiger charge is -1.81. The van der Waals surface area contributed by atoms with Gasteiger partial charge in [-0.1, -0.05) is 0 Å². The molecule has 0 saturated carbocycles. The molecule has 30 valence electrons. The van der Waals surface area contributed by atoms with Gasteiger partial charge in [0.2, 0.25) is 5.05 Å². The van der Waals surface area contributed by atoms with Crippen molar-refractivity contribution in [3.8, 4) is 0 Å². The van der Waals surface area contributed by atoms with Crippen molar-refractivity contribution in [2.45, 2.75) is 6.92 Å². The molecule has 0 heterocycles. The van der Waals surface area contributed by atoms with Gasteiger partial charge in [0.1, 0.15) is 0 Å². The van der Waals surface area contributed by atoms with Gasteiger partial charge in [0.15, 0.2) is 0 Å². The maximum absolute atomic E-state index is 7.50. The summed E-state index contributed by atoms with van der Waals surface area (Å²) in [6.45, 7) is 1.48. The molecule has 0 fully saturated rings. The van der Waals surface area contributed by atoms with E-state index in [2.05, 4.69) is 17.1 Å². The van der Waals surface area contributed by atoms with Crippen LogP contribution in [0.25, 0.3) is 0 Å². The quantitative estimate of drug-likeness (QED) is 0.272. The van der Waals surface area contributed by atoms with Crippen LogP contribution < -0.4 is 0 Å². The minimum atomic E-state index is 0.144. The molecule has 0 saturated heterocycles. The average molecular weight is 92.1 g/mol. The lowest BCUT2D eigenvalue weighted by atomic mass is 10.9. The highest BCUT2D eigenvalue weighted by atomic mass is 32.1. The molecule has 0 bridgehead atoms. The van der Waals surface area contributed by atoms with Crippen LogP contribution in [0, 0.1) is 0 Å². The highest BCUT2D eigenvalue weighted by Crippen LogP contribution is 1.68. The van der Waals surface area contributed by atoms with Crippen LogP contribution in [-0.4, -0.2) is 10.3 Å². The van der Waals surface area contributed by atoms with E-state index in [-0.39, 0.29) is 5.05 Å². The van der Waals surface area contributed by atoms with E-state index >= 15 is 0 Å². The summed E-state index contributed by atoms with van der Waals surface area (Å²) in [4.78, 5) is 3.48. The normalized spacial score (nSPS) is 6.80. The Kier molecular flexibility index (Phi) is 2.05. The second kappa shape index (κ2) is 2.11. The van der Waals surface area contributed by atoms with Crippen LogP contribution in [0.3, 0.4) is 0 Å². The predicted octanol–water partition coefficient (Wildman–Crippen LogP) is 0.823. The topological polar surface area (TPSA) is 29.5 Å². The van der Waals surface area contributed by atoms with E-state index < -0.39 is 0 Å². The Morgan fingerprint density at radius 1 is 2.00 bits per heavy atom. The molecule has 0 aliphatic carbocycles. The first-order valence-corrected chi connectivity index (χ1v) is 1.50. The number of rotatable bonds is 0. The third-order valence-corrected chi connectivity index (χ3v) is 0.203. The average Bonchev–Trinajstić information content (AvgIpc) is 1.38. The van der Waals surface area contributed by atoms with E-state index in [1.807, 2.05) is 0 Å². The summed E-state index contributed by atoms with van der Waals surface area (Å²) in [6.07, 6.45) is 0. The van der Waals surface area contributed by atoms with Gasteiger partial charge < -0.3 is 4.89 Å². The Bertz CT molecular complexity index is 42.9. The molecule has 0 aliphatic rings. The fourth-order valence-corrected chi connectivity index (χ4v) is 0. The summed E-state index contributed by atoms with van der Waals surface area (Å²) < 4.78 is 0. The molecule has 0 rings (SSSR count). The second-order valence-electron chi connectivity index (χ2n) is 0.583. The van der Waals surface area contributed by atoms with Crippen molar-refractivity contribution in [2.75, 3.05) is 0 Å². The summed E-state index contributed by atoms with van der Waals surface area (Å²) in [6, 6.07) is 0. The van der Waals surface area contributed by atoms with Crippen LogP contribution in [0.5, 0.6) is 0 Å². The fraction of sp³-hybridized carbons (Fsp3) is 0.500. The Balaban J connectivity index is 2.85. The zero-order valence-electron chi connectivity index (χ0n) is 2.76. The van der Waals surface area contributed by atoms with Crippen molar-refractivity contribution in [3.05, 3.63) is 0 Å². The summed E-state index contributed by atoms with van der Waals surface area (Å²) in [5.74, 6) is 0. The van der Waals surface area contributed by atoms with Crippen LogP contribution in [-0.2, 0) is 4.89 Å². The van der Waals surface area contributed by atoms with Crippen molar-refractivity contribution < 1.29 is 10.1 Å². The first-order chi connectivity index (χ1) is 2.27. The Hall–Kier alpha value is -0.150. The summed E-state index contributed by atoms with van der Waals surface area (Å²) >= 11 is 4.22. The molecular formula is C2H4O2S. The third kappa shape index (κ3) is 3.85. The van der Waals surface area contributed by atoms with Crippen LogP contribution in [0.4, 0.5) is 0 Å². The largest absolute Gasteiger partial charge is 0.333 e. The van der Waals surface area contributed by atoms with Crippen molar-refractivity contribution in [1.82, 2.24) is 0 Å². The van der Waals surface area contributed by atoms with E-state index in [9.17, 15) is 0 Å². The molecule has 3 heteroatoms. The molecule has 0 unspecified atom stereocenters. The summed E-state index contributed by atoms with van der Waals surface area (Å²) in [5.41, 5.74) is 0. The first-order valence-electron chi connectivity index (χ1n) is 1.09. The summed E-state index contributed by atoms with van der Waals surface area (Å²) in [7, 11) is 0. The molecule has 0 aromatic heterocycles. The smallest absolute Gasteiger partial charge is 0.202 e. The van der Waals surface area contributed by atoms with Gasteiger partial charge in [0, 0.05) is 6.92 Å². The van der Waals surface area contributed by atoms with Crippen LogP contribution in [0.1, 0.15) is 6.92 Å². The van der Waals surface area contributed by atoms with Gasteiger partial charge >= 0.3 is 0 Å². The molecule has 0 radical (unpaired) electrons. The first kappa shape index (κ1) is 4.85. The second-order valence-corrected chi connectivity index (χ2v) is 1.16. The van der Waals surface area contributed by atoms with E-state index in [4.69, 9.17) is 5.26 Å². The highest BCUT2D eigenvalue weighted by molar-refractivity contribution is 7.80. The van der Waals surface area contributed by atoms with Crippen LogP contribution in [0.15, 0.2) is 0 Å².